The summed E-state index contributed by atoms with van der Waals surface area (Å²) in [4.78, 5) is 14.8. The van der Waals surface area contributed by atoms with Crippen molar-refractivity contribution in [2.45, 2.75) is 32.0 Å². The summed E-state index contributed by atoms with van der Waals surface area (Å²) < 4.78 is 11.8. The van der Waals surface area contributed by atoms with Crippen molar-refractivity contribution in [2.75, 3.05) is 0 Å². The molecule has 0 amide bonds. The van der Waals surface area contributed by atoms with E-state index in [9.17, 15) is 0 Å². The number of aromatic nitrogens is 9. The molecule has 0 bridgehead atoms. The van der Waals surface area contributed by atoms with Crippen molar-refractivity contribution < 1.29 is 4.74 Å². The molecule has 8 rings (SSSR count). The first kappa shape index (κ1) is 23.2. The quantitative estimate of drug-likeness (QED) is 0.353. The summed E-state index contributed by atoms with van der Waals surface area (Å²) in [6, 6.07) is 10.3. The maximum Gasteiger partial charge on any atom is 0.224 e. The molecule has 0 saturated carbocycles. The van der Waals surface area contributed by atoms with Gasteiger partial charge in [0.25, 0.3) is 0 Å². The van der Waals surface area contributed by atoms with Crippen LogP contribution >= 0.6 is 0 Å². The van der Waals surface area contributed by atoms with Crippen LogP contribution < -0.4 is 15.6 Å². The second-order valence-corrected chi connectivity index (χ2v) is 10.6. The Balaban J connectivity index is 1.36. The molecule has 4 atom stereocenters. The zero-order chi connectivity index (χ0) is 27.1. The average molecular weight is 534 g/mol. The van der Waals surface area contributed by atoms with Gasteiger partial charge in [-0.25, -0.2) is 24.9 Å². The minimum atomic E-state index is -0.223. The van der Waals surface area contributed by atoms with Gasteiger partial charge in [0.2, 0.25) is 5.88 Å². The van der Waals surface area contributed by atoms with Crippen LogP contribution in [-0.2, 0) is 14.1 Å². The van der Waals surface area contributed by atoms with E-state index in [1.807, 2.05) is 61.0 Å². The van der Waals surface area contributed by atoms with Crippen molar-refractivity contribution in [2.24, 2.45) is 20.0 Å². The van der Waals surface area contributed by atoms with E-state index in [-0.39, 0.29) is 24.1 Å². The Morgan fingerprint density at radius 3 is 2.67 bits per heavy atom. The van der Waals surface area contributed by atoms with Gasteiger partial charge in [-0.1, -0.05) is 18.2 Å². The summed E-state index contributed by atoms with van der Waals surface area (Å²) in [6.07, 6.45) is 7.28. The van der Waals surface area contributed by atoms with Gasteiger partial charge in [0.05, 0.1) is 29.2 Å². The van der Waals surface area contributed by atoms with E-state index in [4.69, 9.17) is 19.8 Å². The number of pyridine rings is 1. The molecule has 40 heavy (non-hydrogen) atoms. The molecule has 1 aromatic carbocycles. The monoisotopic (exact) mass is 533 g/mol. The van der Waals surface area contributed by atoms with E-state index in [1.165, 1.54) is 0 Å². The Labute approximate surface area is 229 Å². The molecule has 4 unspecified atom stereocenters. The molecule has 0 radical (unpaired) electrons. The highest BCUT2D eigenvalue weighted by atomic mass is 16.5. The van der Waals surface area contributed by atoms with Crippen LogP contribution in [0.4, 0.5) is 0 Å². The number of rotatable bonds is 3. The lowest BCUT2D eigenvalue weighted by molar-refractivity contribution is 0.0969. The fourth-order valence-corrected chi connectivity index (χ4v) is 6.13. The maximum absolute atomic E-state index is 6.36. The van der Waals surface area contributed by atoms with E-state index in [1.54, 1.807) is 10.8 Å². The van der Waals surface area contributed by atoms with Gasteiger partial charge in [-0.05, 0) is 31.5 Å². The molecule has 5 aromatic heterocycles. The van der Waals surface area contributed by atoms with Gasteiger partial charge in [-0.15, -0.1) is 5.10 Å². The molecule has 2 aliphatic heterocycles. The Hall–Kier alpha value is -4.68. The van der Waals surface area contributed by atoms with Crippen molar-refractivity contribution in [3.8, 4) is 28.5 Å². The summed E-state index contributed by atoms with van der Waals surface area (Å²) >= 11 is 0. The first-order valence-electron chi connectivity index (χ1n) is 13.3. The predicted molar refractivity (Wildman–Crippen MR) is 147 cm³/mol. The van der Waals surface area contributed by atoms with Crippen LogP contribution in [0, 0.1) is 12.8 Å². The molecule has 0 spiro atoms. The molecular formula is C28H27N11O. The van der Waals surface area contributed by atoms with Crippen LogP contribution in [-0.4, -0.2) is 56.4 Å². The predicted octanol–water partition coefficient (Wildman–Crippen LogP) is 2.74. The standard InChI is InChI=1S/C28H27N11O/c1-14-22-23(16-10-30-37(3)12-16)24-26-33-25(36-39(26)13-29-27(24)40-28(22)35-34-14)18-9-21(19-11-31-38(4)15(19)2)32-20-8-6-5-7-17(18)20/h5-14,22-23,28,34-35H,1-4H3. The van der Waals surface area contributed by atoms with E-state index >= 15 is 0 Å². The number of hydrogen-bond donors (Lipinski definition) is 2. The van der Waals surface area contributed by atoms with Crippen molar-refractivity contribution >= 4 is 16.6 Å². The van der Waals surface area contributed by atoms with Crippen LogP contribution in [0.5, 0.6) is 5.88 Å². The Morgan fingerprint density at radius 1 is 1.00 bits per heavy atom. The summed E-state index contributed by atoms with van der Waals surface area (Å²) in [7, 11) is 3.86. The van der Waals surface area contributed by atoms with Gasteiger partial charge >= 0.3 is 0 Å². The van der Waals surface area contributed by atoms with Gasteiger partial charge in [-0.2, -0.15) is 10.2 Å². The number of benzene rings is 1. The van der Waals surface area contributed by atoms with Crippen LogP contribution in [0.25, 0.3) is 39.2 Å². The van der Waals surface area contributed by atoms with Crippen LogP contribution in [0.3, 0.4) is 0 Å². The highest BCUT2D eigenvalue weighted by Gasteiger charge is 2.48. The largest absolute Gasteiger partial charge is 0.457 e. The number of para-hydroxylation sites is 1. The molecule has 1 saturated heterocycles. The normalized spacial score (nSPS) is 22.0. The molecule has 12 heteroatoms. The summed E-state index contributed by atoms with van der Waals surface area (Å²) in [6.45, 7) is 4.20. The lowest BCUT2D eigenvalue weighted by atomic mass is 9.77. The third-order valence-electron chi connectivity index (χ3n) is 8.25. The van der Waals surface area contributed by atoms with Crippen LogP contribution in [0.2, 0.25) is 0 Å². The number of nitrogens with one attached hydrogen (secondary N) is 2. The average Bonchev–Trinajstić information content (AvgIpc) is 3.75. The van der Waals surface area contributed by atoms with Crippen molar-refractivity contribution in [1.29, 1.82) is 0 Å². The van der Waals surface area contributed by atoms with Crippen LogP contribution in [0.15, 0.2) is 55.2 Å². The number of fused-ring (bicyclic) bond motifs is 5. The highest BCUT2D eigenvalue weighted by Crippen LogP contribution is 2.47. The first-order valence-corrected chi connectivity index (χ1v) is 13.3. The molecular weight excluding hydrogens is 506 g/mol. The van der Waals surface area contributed by atoms with Gasteiger partial charge in [0.15, 0.2) is 17.7 Å². The smallest absolute Gasteiger partial charge is 0.224 e. The second kappa shape index (κ2) is 8.41. The van der Waals surface area contributed by atoms with E-state index in [2.05, 4.69) is 51.3 Å². The number of nitrogens with zero attached hydrogens (tertiary/aromatic N) is 9. The lowest BCUT2D eigenvalue weighted by Crippen LogP contribution is -2.42. The third kappa shape index (κ3) is 3.32. The summed E-state index contributed by atoms with van der Waals surface area (Å²) in [5.41, 5.74) is 13.9. The topological polar surface area (TPSA) is 125 Å². The zero-order valence-corrected chi connectivity index (χ0v) is 22.4. The van der Waals surface area contributed by atoms with E-state index in [0.29, 0.717) is 17.4 Å². The minimum Gasteiger partial charge on any atom is -0.457 e. The Kier molecular flexibility index (Phi) is 4.88. The summed E-state index contributed by atoms with van der Waals surface area (Å²) in [5.74, 6) is 1.21. The van der Waals surface area contributed by atoms with Crippen molar-refractivity contribution in [3.05, 3.63) is 72.1 Å². The summed E-state index contributed by atoms with van der Waals surface area (Å²) in [5, 5.41) is 14.8. The molecule has 2 N–H and O–H groups in total. The molecule has 200 valence electrons. The Bertz CT molecular complexity index is 1940. The fraction of sp³-hybridized carbons (Fsp3) is 0.286. The molecule has 1 fully saturated rings. The molecule has 6 aromatic rings. The van der Waals surface area contributed by atoms with Gasteiger partial charge in [0.1, 0.15) is 6.33 Å². The molecule has 0 aliphatic carbocycles. The van der Waals surface area contributed by atoms with Crippen molar-refractivity contribution in [1.82, 2.24) is 55.0 Å². The molecule has 2 aliphatic rings. The highest BCUT2D eigenvalue weighted by molar-refractivity contribution is 5.95. The van der Waals surface area contributed by atoms with Crippen LogP contribution in [0.1, 0.15) is 29.7 Å². The van der Waals surface area contributed by atoms with Crippen molar-refractivity contribution in [3.63, 3.8) is 0 Å². The first-order chi connectivity index (χ1) is 19.5. The number of hydrazine groups is 1. The number of aryl methyl sites for hydroxylation is 2. The third-order valence-corrected chi connectivity index (χ3v) is 8.25. The minimum absolute atomic E-state index is 0.0454. The van der Waals surface area contributed by atoms with Gasteiger partial charge < -0.3 is 4.74 Å². The number of ether oxygens (including phenoxy) is 1. The zero-order valence-electron chi connectivity index (χ0n) is 22.4. The van der Waals surface area contributed by atoms with Gasteiger partial charge in [-0.3, -0.25) is 14.8 Å². The fourth-order valence-electron chi connectivity index (χ4n) is 6.13. The lowest BCUT2D eigenvalue weighted by Gasteiger charge is -2.35. The second-order valence-electron chi connectivity index (χ2n) is 10.6. The maximum atomic E-state index is 6.36. The SMILES string of the molecule is Cc1c(-c2cc(-c3nc4c5c(ncn4n3)OC3NNC(C)C3C5c3cnn(C)c3)c3ccccc3n2)cnn1C. The van der Waals surface area contributed by atoms with E-state index in [0.717, 1.165) is 44.5 Å². The van der Waals surface area contributed by atoms with E-state index < -0.39 is 0 Å². The Morgan fingerprint density at radius 2 is 1.88 bits per heavy atom. The van der Waals surface area contributed by atoms with Gasteiger partial charge in [0, 0.05) is 60.4 Å². The molecule has 7 heterocycles. The number of hydrogen-bond acceptors (Lipinski definition) is 9. The molecule has 12 nitrogen and oxygen atoms in total.